The van der Waals surface area contributed by atoms with E-state index in [4.69, 9.17) is 0 Å². The highest BCUT2D eigenvalue weighted by Crippen LogP contribution is 2.44. The summed E-state index contributed by atoms with van der Waals surface area (Å²) >= 11 is 0. The van der Waals surface area contributed by atoms with E-state index in [0.29, 0.717) is 24.5 Å². The van der Waals surface area contributed by atoms with Crippen LogP contribution in [0.25, 0.3) is 0 Å². The Labute approximate surface area is 158 Å². The Hall–Kier alpha value is -1.29. The number of hydrogen-bond acceptors (Lipinski definition) is 4. The molecule has 0 radical (unpaired) electrons. The quantitative estimate of drug-likeness (QED) is 0.810. The van der Waals surface area contributed by atoms with Gasteiger partial charge in [-0.05, 0) is 24.7 Å². The third-order valence-corrected chi connectivity index (χ3v) is 6.76. The van der Waals surface area contributed by atoms with Crippen molar-refractivity contribution >= 4 is 15.8 Å². The smallest absolute Gasteiger partial charge is 0.367 e. The Morgan fingerprint density at radius 3 is 2.44 bits per heavy atom. The van der Waals surface area contributed by atoms with E-state index >= 15 is 0 Å². The summed E-state index contributed by atoms with van der Waals surface area (Å²) in [6.45, 7) is 6.07. The molecule has 0 aromatic carbocycles. The van der Waals surface area contributed by atoms with E-state index in [-0.39, 0.29) is 17.9 Å². The summed E-state index contributed by atoms with van der Waals surface area (Å²) in [6.07, 6.45) is -1.28. The maximum absolute atomic E-state index is 13.7. The van der Waals surface area contributed by atoms with Gasteiger partial charge in [-0.2, -0.15) is 22.6 Å². The fourth-order valence-corrected chi connectivity index (χ4v) is 5.06. The van der Waals surface area contributed by atoms with Crippen molar-refractivity contribution in [3.63, 3.8) is 0 Å². The van der Waals surface area contributed by atoms with Crippen LogP contribution in [0.4, 0.5) is 19.0 Å². The summed E-state index contributed by atoms with van der Waals surface area (Å²) in [5.41, 5.74) is 0.0226. The van der Waals surface area contributed by atoms with Crippen molar-refractivity contribution in [1.82, 2.24) is 14.1 Å². The first-order valence-electron chi connectivity index (χ1n) is 9.18. The van der Waals surface area contributed by atoms with Crippen LogP contribution in [0.15, 0.2) is 6.07 Å². The van der Waals surface area contributed by atoms with Crippen LogP contribution in [0.2, 0.25) is 0 Å². The summed E-state index contributed by atoms with van der Waals surface area (Å²) in [4.78, 5) is 0. The van der Waals surface area contributed by atoms with E-state index in [0.717, 1.165) is 23.8 Å². The molecule has 10 heteroatoms. The first kappa shape index (κ1) is 20.4. The van der Waals surface area contributed by atoms with E-state index in [9.17, 15) is 21.6 Å². The van der Waals surface area contributed by atoms with Crippen molar-refractivity contribution in [1.29, 1.82) is 0 Å². The van der Waals surface area contributed by atoms with E-state index in [1.165, 1.54) is 4.31 Å². The van der Waals surface area contributed by atoms with Gasteiger partial charge in [-0.25, -0.2) is 13.1 Å². The number of fused-ring (bicyclic) bond motifs is 1. The SMILES string of the molecule is CC(C)(C)[C@@H]1C[C@H](C(F)(F)F)n2nc(C3CCCCN3S(C)(=O)=O)cc2N1. The van der Waals surface area contributed by atoms with Crippen molar-refractivity contribution in [2.75, 3.05) is 18.1 Å². The number of piperidine rings is 1. The van der Waals surface area contributed by atoms with Gasteiger partial charge in [-0.15, -0.1) is 0 Å². The lowest BCUT2D eigenvalue weighted by Gasteiger charge is -2.39. The van der Waals surface area contributed by atoms with Crippen molar-refractivity contribution < 1.29 is 21.6 Å². The number of nitrogens with zero attached hydrogens (tertiary/aromatic N) is 3. The average molecular weight is 408 g/mol. The molecule has 0 spiro atoms. The molecular weight excluding hydrogens is 381 g/mol. The molecule has 0 saturated carbocycles. The molecule has 1 fully saturated rings. The van der Waals surface area contributed by atoms with Crippen LogP contribution in [-0.2, 0) is 10.0 Å². The van der Waals surface area contributed by atoms with Crippen LogP contribution < -0.4 is 5.32 Å². The predicted molar refractivity (Wildman–Crippen MR) is 96.9 cm³/mol. The number of alkyl halides is 3. The summed E-state index contributed by atoms with van der Waals surface area (Å²) < 4.78 is 67.7. The van der Waals surface area contributed by atoms with E-state index in [1.807, 2.05) is 20.8 Å². The van der Waals surface area contributed by atoms with Gasteiger partial charge in [0, 0.05) is 18.7 Å². The summed E-state index contributed by atoms with van der Waals surface area (Å²) in [6, 6.07) is -1.01. The van der Waals surface area contributed by atoms with Gasteiger partial charge in [0.15, 0.2) is 6.04 Å². The fourth-order valence-electron chi connectivity index (χ4n) is 3.92. The first-order chi connectivity index (χ1) is 12.3. The highest BCUT2D eigenvalue weighted by atomic mass is 32.2. The molecule has 1 aromatic rings. The lowest BCUT2D eigenvalue weighted by molar-refractivity contribution is -0.175. The Bertz CT molecular complexity index is 798. The van der Waals surface area contributed by atoms with Gasteiger partial charge in [0.2, 0.25) is 10.0 Å². The Balaban J connectivity index is 2.02. The highest BCUT2D eigenvalue weighted by Gasteiger charge is 2.48. The topological polar surface area (TPSA) is 67.2 Å². The molecule has 1 saturated heterocycles. The average Bonchev–Trinajstić information content (AvgIpc) is 2.95. The minimum Gasteiger partial charge on any atom is -0.367 e. The molecule has 27 heavy (non-hydrogen) atoms. The largest absolute Gasteiger partial charge is 0.410 e. The molecular formula is C17H27F3N4O2S. The molecule has 3 atom stereocenters. The van der Waals surface area contributed by atoms with Crippen molar-refractivity contribution in [2.24, 2.45) is 5.41 Å². The zero-order valence-corrected chi connectivity index (χ0v) is 16.9. The second-order valence-electron chi connectivity index (χ2n) is 8.64. The molecule has 1 N–H and O–H groups in total. The van der Waals surface area contributed by atoms with Gasteiger partial charge >= 0.3 is 6.18 Å². The molecule has 3 heterocycles. The zero-order valence-electron chi connectivity index (χ0n) is 16.0. The predicted octanol–water partition coefficient (Wildman–Crippen LogP) is 3.70. The number of hydrogen-bond donors (Lipinski definition) is 1. The summed E-state index contributed by atoms with van der Waals surface area (Å²) in [5.74, 6) is 0.303. The van der Waals surface area contributed by atoms with E-state index in [1.54, 1.807) is 6.07 Å². The van der Waals surface area contributed by atoms with Crippen LogP contribution >= 0.6 is 0 Å². The summed E-state index contributed by atoms with van der Waals surface area (Å²) in [7, 11) is -3.46. The van der Waals surface area contributed by atoms with Crippen molar-refractivity contribution in [3.8, 4) is 0 Å². The third-order valence-electron chi connectivity index (χ3n) is 5.48. The lowest BCUT2D eigenvalue weighted by atomic mass is 9.82. The normalized spacial score (nSPS) is 27.9. The second kappa shape index (κ2) is 6.65. The van der Waals surface area contributed by atoms with Crippen molar-refractivity contribution in [3.05, 3.63) is 11.8 Å². The van der Waals surface area contributed by atoms with Gasteiger partial charge in [0.25, 0.3) is 0 Å². The number of aromatic nitrogens is 2. The number of anilines is 1. The van der Waals surface area contributed by atoms with E-state index < -0.39 is 28.3 Å². The van der Waals surface area contributed by atoms with Crippen LogP contribution in [-0.4, -0.2) is 47.5 Å². The molecule has 1 aromatic heterocycles. The van der Waals surface area contributed by atoms with Crippen molar-refractivity contribution in [2.45, 2.75) is 70.8 Å². The molecule has 0 amide bonds. The van der Waals surface area contributed by atoms with Crippen LogP contribution in [0, 0.1) is 5.41 Å². The maximum atomic E-state index is 13.7. The number of rotatable bonds is 2. The van der Waals surface area contributed by atoms with Crippen LogP contribution in [0.5, 0.6) is 0 Å². The number of nitrogens with one attached hydrogen (secondary N) is 1. The standard InChI is InChI=1S/C17H27F3N4O2S/c1-16(2,3)13-10-14(17(18,19)20)24-15(21-13)9-11(22-24)12-7-5-6-8-23(12)27(4,25)26/h9,12-14,21H,5-8,10H2,1-4H3/t12?,13-,14+/m0/s1. The number of sulfonamides is 1. The van der Waals surface area contributed by atoms with Crippen LogP contribution in [0.1, 0.15) is 64.2 Å². The van der Waals surface area contributed by atoms with E-state index in [2.05, 4.69) is 10.4 Å². The lowest BCUT2D eigenvalue weighted by Crippen LogP contribution is -2.44. The highest BCUT2D eigenvalue weighted by molar-refractivity contribution is 7.88. The van der Waals surface area contributed by atoms with Gasteiger partial charge in [0.1, 0.15) is 5.82 Å². The fraction of sp³-hybridized carbons (Fsp3) is 0.824. The van der Waals surface area contributed by atoms with Gasteiger partial charge in [-0.1, -0.05) is 27.2 Å². The third kappa shape index (κ3) is 4.11. The molecule has 0 bridgehead atoms. The monoisotopic (exact) mass is 408 g/mol. The molecule has 3 rings (SSSR count). The van der Waals surface area contributed by atoms with Gasteiger partial charge in [-0.3, -0.25) is 0 Å². The molecule has 2 aliphatic heterocycles. The molecule has 0 aliphatic carbocycles. The first-order valence-corrected chi connectivity index (χ1v) is 11.0. The second-order valence-corrected chi connectivity index (χ2v) is 10.6. The van der Waals surface area contributed by atoms with Crippen LogP contribution in [0.3, 0.4) is 0 Å². The Morgan fingerprint density at radius 1 is 1.22 bits per heavy atom. The molecule has 2 aliphatic rings. The van der Waals surface area contributed by atoms with Gasteiger partial charge in [0.05, 0.1) is 18.0 Å². The minimum absolute atomic E-state index is 0.110. The summed E-state index contributed by atoms with van der Waals surface area (Å²) in [5, 5.41) is 7.42. The molecule has 154 valence electrons. The molecule has 6 nitrogen and oxygen atoms in total. The number of halogens is 3. The maximum Gasteiger partial charge on any atom is 0.410 e. The molecule has 1 unspecified atom stereocenters. The zero-order chi connectivity index (χ0) is 20.2. The van der Waals surface area contributed by atoms with Gasteiger partial charge < -0.3 is 5.32 Å². The Morgan fingerprint density at radius 2 is 1.89 bits per heavy atom. The minimum atomic E-state index is -4.42. The Kier molecular flexibility index (Phi) is 5.03.